The summed E-state index contributed by atoms with van der Waals surface area (Å²) in [5.41, 5.74) is -0.326. The first kappa shape index (κ1) is 15.4. The quantitative estimate of drug-likeness (QED) is 0.803. The Hall–Kier alpha value is -1.68. The molecule has 0 bridgehead atoms. The second kappa shape index (κ2) is 6.48. The topological polar surface area (TPSA) is 49.3 Å². The molecule has 0 saturated heterocycles. The first-order valence-electron chi connectivity index (χ1n) is 6.25. The molecule has 0 heterocycles. The smallest absolute Gasteiger partial charge is 0.244 e. The SMILES string of the molecule is CC(C)C(C)(O)CNC(=O)C=Cc1cccc(F)c1. The summed E-state index contributed by atoms with van der Waals surface area (Å²) in [7, 11) is 0. The van der Waals surface area contributed by atoms with Crippen molar-refractivity contribution in [3.05, 3.63) is 41.7 Å². The predicted molar refractivity (Wildman–Crippen MR) is 73.9 cm³/mol. The average molecular weight is 265 g/mol. The van der Waals surface area contributed by atoms with Gasteiger partial charge < -0.3 is 10.4 Å². The monoisotopic (exact) mass is 265 g/mol. The van der Waals surface area contributed by atoms with E-state index < -0.39 is 5.60 Å². The van der Waals surface area contributed by atoms with E-state index in [-0.39, 0.29) is 24.2 Å². The molecule has 104 valence electrons. The molecular weight excluding hydrogens is 245 g/mol. The van der Waals surface area contributed by atoms with Crippen molar-refractivity contribution in [2.45, 2.75) is 26.4 Å². The number of aliphatic hydroxyl groups is 1. The summed E-state index contributed by atoms with van der Waals surface area (Å²) < 4.78 is 12.9. The Morgan fingerprint density at radius 2 is 2.21 bits per heavy atom. The highest BCUT2D eigenvalue weighted by Gasteiger charge is 2.24. The van der Waals surface area contributed by atoms with Gasteiger partial charge in [-0.25, -0.2) is 4.39 Å². The zero-order valence-electron chi connectivity index (χ0n) is 11.5. The van der Waals surface area contributed by atoms with E-state index in [2.05, 4.69) is 5.32 Å². The van der Waals surface area contributed by atoms with E-state index in [0.29, 0.717) is 5.56 Å². The number of rotatable bonds is 5. The van der Waals surface area contributed by atoms with E-state index in [9.17, 15) is 14.3 Å². The van der Waals surface area contributed by atoms with E-state index in [1.165, 1.54) is 24.3 Å². The lowest BCUT2D eigenvalue weighted by Gasteiger charge is -2.27. The van der Waals surface area contributed by atoms with Crippen LogP contribution in [0.25, 0.3) is 6.08 Å². The minimum Gasteiger partial charge on any atom is -0.388 e. The van der Waals surface area contributed by atoms with Crippen LogP contribution in [-0.4, -0.2) is 23.2 Å². The molecule has 2 N–H and O–H groups in total. The fourth-order valence-corrected chi connectivity index (χ4v) is 1.31. The van der Waals surface area contributed by atoms with Crippen LogP contribution in [0.15, 0.2) is 30.3 Å². The van der Waals surface area contributed by atoms with Crippen LogP contribution in [0.3, 0.4) is 0 Å². The van der Waals surface area contributed by atoms with Crippen molar-refractivity contribution in [1.82, 2.24) is 5.32 Å². The van der Waals surface area contributed by atoms with Crippen LogP contribution < -0.4 is 5.32 Å². The zero-order valence-corrected chi connectivity index (χ0v) is 11.5. The summed E-state index contributed by atoms with van der Waals surface area (Å²) in [4.78, 5) is 11.6. The third kappa shape index (κ3) is 5.22. The number of hydrogen-bond donors (Lipinski definition) is 2. The summed E-state index contributed by atoms with van der Waals surface area (Å²) in [5, 5.41) is 12.6. The third-order valence-electron chi connectivity index (χ3n) is 3.14. The van der Waals surface area contributed by atoms with Crippen molar-refractivity contribution in [2.75, 3.05) is 6.54 Å². The molecule has 3 nitrogen and oxygen atoms in total. The molecule has 0 spiro atoms. The molecule has 1 aromatic rings. The zero-order chi connectivity index (χ0) is 14.5. The highest BCUT2D eigenvalue weighted by molar-refractivity contribution is 5.91. The molecule has 0 aliphatic carbocycles. The summed E-state index contributed by atoms with van der Waals surface area (Å²) in [6.45, 7) is 5.62. The summed E-state index contributed by atoms with van der Waals surface area (Å²) in [6, 6.07) is 5.97. The molecule has 0 saturated carbocycles. The lowest BCUT2D eigenvalue weighted by atomic mass is 9.92. The summed E-state index contributed by atoms with van der Waals surface area (Å²) in [5.74, 6) is -0.615. The van der Waals surface area contributed by atoms with Gasteiger partial charge in [-0.15, -0.1) is 0 Å². The van der Waals surface area contributed by atoms with Crippen molar-refractivity contribution in [3.8, 4) is 0 Å². The van der Waals surface area contributed by atoms with Gasteiger partial charge in [0, 0.05) is 12.6 Å². The van der Waals surface area contributed by atoms with Crippen molar-refractivity contribution >= 4 is 12.0 Å². The number of carbonyl (C=O) groups is 1. The minimum absolute atomic E-state index is 0.0417. The number of hydrogen-bond acceptors (Lipinski definition) is 2. The van der Waals surface area contributed by atoms with Gasteiger partial charge in [-0.1, -0.05) is 26.0 Å². The molecule has 0 aliphatic rings. The van der Waals surface area contributed by atoms with Crippen LogP contribution in [0.4, 0.5) is 4.39 Å². The van der Waals surface area contributed by atoms with E-state index in [4.69, 9.17) is 0 Å². The van der Waals surface area contributed by atoms with Gasteiger partial charge in [0.25, 0.3) is 0 Å². The second-order valence-electron chi connectivity index (χ2n) is 5.12. The average Bonchev–Trinajstić information content (AvgIpc) is 2.34. The van der Waals surface area contributed by atoms with E-state index in [1.807, 2.05) is 13.8 Å². The molecule has 1 atom stereocenters. The Morgan fingerprint density at radius 3 is 2.79 bits per heavy atom. The molecule has 4 heteroatoms. The van der Waals surface area contributed by atoms with Crippen molar-refractivity contribution in [2.24, 2.45) is 5.92 Å². The lowest BCUT2D eigenvalue weighted by molar-refractivity contribution is -0.118. The van der Waals surface area contributed by atoms with E-state index >= 15 is 0 Å². The Morgan fingerprint density at radius 1 is 1.53 bits per heavy atom. The number of nitrogens with one attached hydrogen (secondary N) is 1. The van der Waals surface area contributed by atoms with Gasteiger partial charge >= 0.3 is 0 Å². The van der Waals surface area contributed by atoms with Gasteiger partial charge in [0.15, 0.2) is 0 Å². The fraction of sp³-hybridized carbons (Fsp3) is 0.400. The Balaban J connectivity index is 2.52. The maximum absolute atomic E-state index is 12.9. The molecule has 19 heavy (non-hydrogen) atoms. The predicted octanol–water partition coefficient (Wildman–Crippen LogP) is 2.36. The Labute approximate surface area is 113 Å². The third-order valence-corrected chi connectivity index (χ3v) is 3.14. The fourth-order valence-electron chi connectivity index (χ4n) is 1.31. The summed E-state index contributed by atoms with van der Waals surface area (Å²) >= 11 is 0. The highest BCUT2D eigenvalue weighted by atomic mass is 19.1. The van der Waals surface area contributed by atoms with Crippen LogP contribution in [0.1, 0.15) is 26.3 Å². The van der Waals surface area contributed by atoms with Gasteiger partial charge in [0.2, 0.25) is 5.91 Å². The number of amides is 1. The van der Waals surface area contributed by atoms with Crippen LogP contribution in [-0.2, 0) is 4.79 Å². The van der Waals surface area contributed by atoms with Gasteiger partial charge in [-0.05, 0) is 36.6 Å². The Kier molecular flexibility index (Phi) is 5.24. The minimum atomic E-state index is -0.942. The molecule has 1 amide bonds. The molecule has 1 unspecified atom stereocenters. The molecule has 1 rings (SSSR count). The highest BCUT2D eigenvalue weighted by Crippen LogP contribution is 2.14. The number of benzene rings is 1. The molecule has 0 fully saturated rings. The van der Waals surface area contributed by atoms with Crippen LogP contribution in [0.5, 0.6) is 0 Å². The molecule has 1 aromatic carbocycles. The van der Waals surface area contributed by atoms with Crippen molar-refractivity contribution in [1.29, 1.82) is 0 Å². The van der Waals surface area contributed by atoms with E-state index in [1.54, 1.807) is 19.1 Å². The normalized spacial score (nSPS) is 14.6. The molecular formula is C15H20FNO2. The van der Waals surface area contributed by atoms with Crippen molar-refractivity contribution in [3.63, 3.8) is 0 Å². The number of carbonyl (C=O) groups excluding carboxylic acids is 1. The first-order valence-corrected chi connectivity index (χ1v) is 6.25. The van der Waals surface area contributed by atoms with Crippen LogP contribution >= 0.6 is 0 Å². The van der Waals surface area contributed by atoms with Crippen LogP contribution in [0, 0.1) is 11.7 Å². The molecule has 0 aromatic heterocycles. The molecule has 0 aliphatic heterocycles. The maximum atomic E-state index is 12.9. The second-order valence-corrected chi connectivity index (χ2v) is 5.12. The largest absolute Gasteiger partial charge is 0.388 e. The lowest BCUT2D eigenvalue weighted by Crippen LogP contribution is -2.43. The maximum Gasteiger partial charge on any atom is 0.244 e. The summed E-state index contributed by atoms with van der Waals surface area (Å²) in [6.07, 6.45) is 2.85. The number of halogens is 1. The Bertz CT molecular complexity index is 467. The van der Waals surface area contributed by atoms with Gasteiger partial charge in [-0.3, -0.25) is 4.79 Å². The van der Waals surface area contributed by atoms with Gasteiger partial charge in [0.05, 0.1) is 5.60 Å². The van der Waals surface area contributed by atoms with Crippen molar-refractivity contribution < 1.29 is 14.3 Å². The standard InChI is InChI=1S/C15H20FNO2/c1-11(2)15(3,19)10-17-14(18)8-7-12-5-4-6-13(16)9-12/h4-9,11,19H,10H2,1-3H3,(H,17,18). The van der Waals surface area contributed by atoms with E-state index in [0.717, 1.165) is 0 Å². The van der Waals surface area contributed by atoms with Gasteiger partial charge in [-0.2, -0.15) is 0 Å². The molecule has 0 radical (unpaired) electrons. The van der Waals surface area contributed by atoms with Gasteiger partial charge in [0.1, 0.15) is 5.82 Å². The first-order chi connectivity index (χ1) is 8.81. The van der Waals surface area contributed by atoms with Crippen LogP contribution in [0.2, 0.25) is 0 Å².